The molecule has 0 amide bonds. The molecule has 0 unspecified atom stereocenters. The van der Waals surface area contributed by atoms with Crippen molar-refractivity contribution < 1.29 is 4.74 Å². The first kappa shape index (κ1) is 13.9. The van der Waals surface area contributed by atoms with E-state index in [4.69, 9.17) is 4.74 Å². The summed E-state index contributed by atoms with van der Waals surface area (Å²) in [4.78, 5) is 2.37. The third-order valence-corrected chi connectivity index (χ3v) is 5.72. The normalized spacial score (nSPS) is 41.2. The van der Waals surface area contributed by atoms with E-state index in [0.29, 0.717) is 0 Å². The van der Waals surface area contributed by atoms with Crippen molar-refractivity contribution in [3.8, 4) is 0 Å². The molecule has 0 saturated carbocycles. The molecule has 2 aliphatic rings. The average Bonchev–Trinajstić information content (AvgIpc) is 2.55. The SMILES string of the molecule is C=CCS[C@]1(Br)NC(C)(C)C[C@]2(C)OCCN12. The lowest BCUT2D eigenvalue weighted by Gasteiger charge is -2.55. The first-order chi connectivity index (χ1) is 7.81. The number of alkyl halides is 1. The molecule has 2 atom stereocenters. The molecule has 0 spiro atoms. The van der Waals surface area contributed by atoms with Gasteiger partial charge < -0.3 is 4.74 Å². The van der Waals surface area contributed by atoms with Gasteiger partial charge in [-0.25, -0.2) is 4.90 Å². The van der Waals surface area contributed by atoms with Crippen molar-refractivity contribution in [1.29, 1.82) is 0 Å². The summed E-state index contributed by atoms with van der Waals surface area (Å²) in [5, 5.41) is 3.68. The van der Waals surface area contributed by atoms with Gasteiger partial charge in [0.1, 0.15) is 5.72 Å². The number of fused-ring (bicyclic) bond motifs is 1. The lowest BCUT2D eigenvalue weighted by molar-refractivity contribution is -0.127. The second kappa shape index (κ2) is 4.53. The van der Waals surface area contributed by atoms with Crippen LogP contribution in [0.25, 0.3) is 0 Å². The second-order valence-corrected chi connectivity index (χ2v) is 8.41. The van der Waals surface area contributed by atoms with Crippen LogP contribution >= 0.6 is 27.7 Å². The predicted octanol–water partition coefficient (Wildman–Crippen LogP) is 2.73. The lowest BCUT2D eigenvalue weighted by atomic mass is 9.90. The maximum atomic E-state index is 5.97. The van der Waals surface area contributed by atoms with Crippen LogP contribution < -0.4 is 5.32 Å². The van der Waals surface area contributed by atoms with Crippen molar-refractivity contribution in [3.05, 3.63) is 12.7 Å². The maximum Gasteiger partial charge on any atom is 0.180 e. The topological polar surface area (TPSA) is 24.5 Å². The Morgan fingerprint density at radius 1 is 1.53 bits per heavy atom. The number of halogens is 1. The molecule has 1 N–H and O–H groups in total. The fourth-order valence-electron chi connectivity index (χ4n) is 2.90. The Kier molecular flexibility index (Phi) is 3.69. The number of hydrogen-bond acceptors (Lipinski definition) is 4. The highest BCUT2D eigenvalue weighted by Crippen LogP contribution is 2.48. The molecule has 17 heavy (non-hydrogen) atoms. The van der Waals surface area contributed by atoms with Crippen LogP contribution in [0.4, 0.5) is 0 Å². The van der Waals surface area contributed by atoms with Crippen molar-refractivity contribution in [1.82, 2.24) is 10.2 Å². The molecule has 2 heterocycles. The van der Waals surface area contributed by atoms with Crippen molar-refractivity contribution in [2.75, 3.05) is 18.9 Å². The highest BCUT2D eigenvalue weighted by Gasteiger charge is 2.56. The summed E-state index contributed by atoms with van der Waals surface area (Å²) < 4.78 is 5.72. The van der Waals surface area contributed by atoms with Gasteiger partial charge in [-0.05, 0) is 36.7 Å². The zero-order chi connectivity index (χ0) is 12.7. The summed E-state index contributed by atoms with van der Waals surface area (Å²) in [5.74, 6) is 0.904. The summed E-state index contributed by atoms with van der Waals surface area (Å²) in [5.41, 5.74) is -0.125. The van der Waals surface area contributed by atoms with Crippen LogP contribution in [0.3, 0.4) is 0 Å². The molecular weight excluding hydrogens is 300 g/mol. The molecule has 0 aromatic heterocycles. The third kappa shape index (κ3) is 2.59. The van der Waals surface area contributed by atoms with E-state index in [0.717, 1.165) is 25.3 Å². The van der Waals surface area contributed by atoms with Gasteiger partial charge in [0, 0.05) is 24.3 Å². The van der Waals surface area contributed by atoms with E-state index in [1.807, 2.05) is 17.8 Å². The van der Waals surface area contributed by atoms with E-state index < -0.39 is 0 Å². The molecule has 2 aliphatic heterocycles. The minimum atomic E-state index is -0.256. The van der Waals surface area contributed by atoms with Crippen LogP contribution in [0.5, 0.6) is 0 Å². The monoisotopic (exact) mass is 320 g/mol. The van der Waals surface area contributed by atoms with Gasteiger partial charge in [-0.1, -0.05) is 6.08 Å². The first-order valence-corrected chi connectivity index (χ1v) is 7.74. The standard InChI is InChI=1S/C12H21BrN2OS/c1-5-8-17-12(13)14-10(2,3)9-11(4)15(12)6-7-16-11/h5,14H,1,6-9H2,2-4H3/t11-,12+/m0/s1. The van der Waals surface area contributed by atoms with E-state index in [1.165, 1.54) is 0 Å². The van der Waals surface area contributed by atoms with Crippen LogP contribution in [-0.4, -0.2) is 39.0 Å². The molecule has 2 rings (SSSR count). The van der Waals surface area contributed by atoms with Gasteiger partial charge in [0.2, 0.25) is 0 Å². The van der Waals surface area contributed by atoms with Gasteiger partial charge in [-0.15, -0.1) is 18.3 Å². The maximum absolute atomic E-state index is 5.97. The molecule has 0 aliphatic carbocycles. The molecule has 0 aromatic rings. The molecule has 2 fully saturated rings. The number of ether oxygens (including phenoxy) is 1. The Morgan fingerprint density at radius 3 is 2.88 bits per heavy atom. The largest absolute Gasteiger partial charge is 0.359 e. The number of rotatable bonds is 3. The van der Waals surface area contributed by atoms with Crippen LogP contribution in [0.15, 0.2) is 12.7 Å². The molecule has 0 radical (unpaired) electrons. The van der Waals surface area contributed by atoms with Crippen molar-refractivity contribution in [2.45, 2.75) is 42.4 Å². The summed E-state index contributed by atoms with van der Waals surface area (Å²) in [6.45, 7) is 12.2. The third-order valence-electron chi connectivity index (χ3n) is 3.30. The number of nitrogens with zero attached hydrogens (tertiary/aromatic N) is 1. The lowest BCUT2D eigenvalue weighted by Crippen LogP contribution is -2.70. The Hall–Kier alpha value is 0.450. The average molecular weight is 321 g/mol. The van der Waals surface area contributed by atoms with Crippen LogP contribution in [0.1, 0.15) is 27.2 Å². The fourth-order valence-corrected chi connectivity index (χ4v) is 5.51. The second-order valence-electron chi connectivity index (χ2n) is 5.52. The van der Waals surface area contributed by atoms with Crippen molar-refractivity contribution in [3.63, 3.8) is 0 Å². The predicted molar refractivity (Wildman–Crippen MR) is 77.2 cm³/mol. The Bertz CT molecular complexity index is 326. The summed E-state index contributed by atoms with van der Waals surface area (Å²) in [6, 6.07) is 0. The minimum absolute atomic E-state index is 0.0489. The summed E-state index contributed by atoms with van der Waals surface area (Å²) >= 11 is 5.68. The molecule has 2 saturated heterocycles. The molecule has 0 bridgehead atoms. The van der Waals surface area contributed by atoms with Crippen LogP contribution in [0, 0.1) is 0 Å². The van der Waals surface area contributed by atoms with E-state index in [1.54, 1.807) is 0 Å². The van der Waals surface area contributed by atoms with Gasteiger partial charge in [-0.3, -0.25) is 5.32 Å². The zero-order valence-electron chi connectivity index (χ0n) is 10.8. The number of hydrogen-bond donors (Lipinski definition) is 1. The molecule has 0 aromatic carbocycles. The van der Waals surface area contributed by atoms with E-state index >= 15 is 0 Å². The van der Waals surface area contributed by atoms with Crippen molar-refractivity contribution >= 4 is 27.7 Å². The Balaban J connectivity index is 2.26. The van der Waals surface area contributed by atoms with Crippen molar-refractivity contribution in [2.24, 2.45) is 0 Å². The van der Waals surface area contributed by atoms with E-state index in [2.05, 4.69) is 53.5 Å². The zero-order valence-corrected chi connectivity index (χ0v) is 13.2. The Labute approximate surface area is 116 Å². The quantitative estimate of drug-likeness (QED) is 0.491. The number of nitrogens with one attached hydrogen (secondary N) is 1. The van der Waals surface area contributed by atoms with Gasteiger partial charge in [-0.2, -0.15) is 0 Å². The van der Waals surface area contributed by atoms with E-state index in [9.17, 15) is 0 Å². The molecule has 3 nitrogen and oxygen atoms in total. The fraction of sp³-hybridized carbons (Fsp3) is 0.833. The van der Waals surface area contributed by atoms with Crippen LogP contribution in [-0.2, 0) is 4.74 Å². The highest BCUT2D eigenvalue weighted by atomic mass is 79.9. The van der Waals surface area contributed by atoms with Gasteiger partial charge in [0.05, 0.1) is 6.61 Å². The van der Waals surface area contributed by atoms with Gasteiger partial charge in [0.15, 0.2) is 3.90 Å². The first-order valence-electron chi connectivity index (χ1n) is 5.96. The highest BCUT2D eigenvalue weighted by molar-refractivity contribution is 9.11. The van der Waals surface area contributed by atoms with Gasteiger partial charge >= 0.3 is 0 Å². The molecular formula is C12H21BrN2OS. The molecule has 98 valence electrons. The van der Waals surface area contributed by atoms with Crippen LogP contribution in [0.2, 0.25) is 0 Å². The number of thioether (sulfide) groups is 1. The van der Waals surface area contributed by atoms with Gasteiger partial charge in [0.25, 0.3) is 0 Å². The molecule has 5 heteroatoms. The summed E-state index contributed by atoms with van der Waals surface area (Å²) in [6.07, 6.45) is 2.92. The minimum Gasteiger partial charge on any atom is -0.359 e. The summed E-state index contributed by atoms with van der Waals surface area (Å²) in [7, 11) is 0. The Morgan fingerprint density at radius 2 is 2.24 bits per heavy atom. The van der Waals surface area contributed by atoms with E-state index in [-0.39, 0.29) is 15.2 Å². The smallest absolute Gasteiger partial charge is 0.180 e.